The Labute approximate surface area is 137 Å². The van der Waals surface area contributed by atoms with Crippen molar-refractivity contribution >= 4 is 23.2 Å². The minimum atomic E-state index is -0.347. The van der Waals surface area contributed by atoms with Gasteiger partial charge in [-0.05, 0) is 39.0 Å². The Morgan fingerprint density at radius 1 is 1.22 bits per heavy atom. The highest BCUT2D eigenvalue weighted by Gasteiger charge is 2.28. The maximum atomic E-state index is 12.6. The van der Waals surface area contributed by atoms with Crippen LogP contribution in [0.25, 0.3) is 0 Å². The van der Waals surface area contributed by atoms with Gasteiger partial charge in [0.05, 0.1) is 12.2 Å². The van der Waals surface area contributed by atoms with Crippen molar-refractivity contribution in [3.63, 3.8) is 0 Å². The predicted molar refractivity (Wildman–Crippen MR) is 90.4 cm³/mol. The van der Waals surface area contributed by atoms with E-state index in [1.165, 1.54) is 6.92 Å². The van der Waals surface area contributed by atoms with E-state index in [2.05, 4.69) is 10.6 Å². The monoisotopic (exact) mass is 319 g/mol. The summed E-state index contributed by atoms with van der Waals surface area (Å²) in [6, 6.07) is 6.99. The maximum absolute atomic E-state index is 12.6. The first-order valence-electron chi connectivity index (χ1n) is 7.93. The summed E-state index contributed by atoms with van der Waals surface area (Å²) in [5.41, 5.74) is 1.50. The zero-order valence-corrected chi connectivity index (χ0v) is 14.1. The Morgan fingerprint density at radius 2 is 1.83 bits per heavy atom. The lowest BCUT2D eigenvalue weighted by atomic mass is 10.2. The summed E-state index contributed by atoms with van der Waals surface area (Å²) in [6.07, 6.45) is 0.107. The molecule has 1 aliphatic heterocycles. The fourth-order valence-corrected chi connectivity index (χ4v) is 2.83. The molecular formula is C17H25N3O3. The van der Waals surface area contributed by atoms with E-state index in [1.54, 1.807) is 0 Å². The smallest absolute Gasteiger partial charge is 0.244 e. The lowest BCUT2D eigenvalue weighted by molar-refractivity contribution is -0.143. The van der Waals surface area contributed by atoms with Crippen LogP contribution in [0.1, 0.15) is 27.7 Å². The molecule has 1 aromatic carbocycles. The van der Waals surface area contributed by atoms with Crippen LogP contribution >= 0.6 is 0 Å². The van der Waals surface area contributed by atoms with E-state index in [0.717, 1.165) is 5.69 Å². The van der Waals surface area contributed by atoms with E-state index >= 15 is 0 Å². The van der Waals surface area contributed by atoms with Gasteiger partial charge in [0, 0.05) is 31.4 Å². The van der Waals surface area contributed by atoms with Crippen LogP contribution in [0, 0.1) is 0 Å². The Bertz CT molecular complexity index is 566. The summed E-state index contributed by atoms with van der Waals surface area (Å²) in [5.74, 6) is -0.0699. The van der Waals surface area contributed by atoms with Crippen LogP contribution in [0.15, 0.2) is 24.3 Å². The largest absolute Gasteiger partial charge is 0.374 e. The zero-order chi connectivity index (χ0) is 17.0. The average molecular weight is 319 g/mol. The first kappa shape index (κ1) is 17.3. The summed E-state index contributed by atoms with van der Waals surface area (Å²) in [7, 11) is 0. The molecule has 3 atom stereocenters. The predicted octanol–water partition coefficient (Wildman–Crippen LogP) is 2.08. The van der Waals surface area contributed by atoms with Crippen LogP contribution < -0.4 is 10.6 Å². The third kappa shape index (κ3) is 4.96. The van der Waals surface area contributed by atoms with E-state index in [1.807, 2.05) is 49.9 Å². The average Bonchev–Trinajstić information content (AvgIpc) is 2.45. The third-order valence-electron chi connectivity index (χ3n) is 3.67. The van der Waals surface area contributed by atoms with Gasteiger partial charge in [0.25, 0.3) is 0 Å². The molecule has 1 saturated heterocycles. The van der Waals surface area contributed by atoms with E-state index in [9.17, 15) is 9.59 Å². The van der Waals surface area contributed by atoms with Crippen LogP contribution in [0.3, 0.4) is 0 Å². The lowest BCUT2D eigenvalue weighted by Crippen LogP contribution is -2.52. The Hall–Kier alpha value is -2.08. The number of hydrogen-bond donors (Lipinski definition) is 2. The molecule has 0 aliphatic carbocycles. The van der Waals surface area contributed by atoms with Gasteiger partial charge in [0.1, 0.15) is 6.04 Å². The number of nitrogens with one attached hydrogen (secondary N) is 2. The van der Waals surface area contributed by atoms with Crippen molar-refractivity contribution in [2.45, 2.75) is 45.9 Å². The number of nitrogens with zero attached hydrogens (tertiary/aromatic N) is 1. The molecule has 1 aliphatic rings. The quantitative estimate of drug-likeness (QED) is 0.891. The molecule has 6 heteroatoms. The second kappa shape index (κ2) is 7.46. The normalized spacial score (nSPS) is 22.3. The molecule has 1 aromatic rings. The first-order valence-corrected chi connectivity index (χ1v) is 7.93. The van der Waals surface area contributed by atoms with E-state index in [4.69, 9.17) is 4.74 Å². The molecule has 1 heterocycles. The van der Waals surface area contributed by atoms with Crippen molar-refractivity contribution in [1.29, 1.82) is 0 Å². The van der Waals surface area contributed by atoms with Crippen LogP contribution in [-0.2, 0) is 14.3 Å². The fraction of sp³-hybridized carbons (Fsp3) is 0.529. The summed E-state index contributed by atoms with van der Waals surface area (Å²) in [5, 5.41) is 5.93. The molecule has 2 amide bonds. The number of hydrogen-bond acceptors (Lipinski definition) is 4. The van der Waals surface area contributed by atoms with Gasteiger partial charge in [-0.1, -0.05) is 6.07 Å². The standard InChI is InChI=1S/C17H25N3O3/c1-11-9-20(10-12(2)23-11)17(22)13(3)18-15-6-5-7-16(8-15)19-14(4)21/h5-8,11-13,18H,9-10H2,1-4H3,(H,19,21). The van der Waals surface area contributed by atoms with E-state index < -0.39 is 0 Å². The first-order chi connectivity index (χ1) is 10.8. The van der Waals surface area contributed by atoms with Gasteiger partial charge in [-0.2, -0.15) is 0 Å². The third-order valence-corrected chi connectivity index (χ3v) is 3.67. The van der Waals surface area contributed by atoms with Gasteiger partial charge >= 0.3 is 0 Å². The second-order valence-corrected chi connectivity index (χ2v) is 6.13. The minimum Gasteiger partial charge on any atom is -0.374 e. The van der Waals surface area contributed by atoms with Crippen molar-refractivity contribution in [3.8, 4) is 0 Å². The molecule has 0 saturated carbocycles. The van der Waals surface area contributed by atoms with Crippen molar-refractivity contribution < 1.29 is 14.3 Å². The topological polar surface area (TPSA) is 70.7 Å². The van der Waals surface area contributed by atoms with Gasteiger partial charge in [-0.25, -0.2) is 0 Å². The number of ether oxygens (including phenoxy) is 1. The number of morpholine rings is 1. The molecule has 0 aromatic heterocycles. The van der Waals surface area contributed by atoms with Crippen molar-refractivity contribution in [2.75, 3.05) is 23.7 Å². The van der Waals surface area contributed by atoms with Crippen LogP contribution in [0.4, 0.5) is 11.4 Å². The maximum Gasteiger partial charge on any atom is 0.244 e. The Kier molecular flexibility index (Phi) is 5.60. The van der Waals surface area contributed by atoms with E-state index in [-0.39, 0.29) is 30.1 Å². The number of anilines is 2. The number of amides is 2. The number of carbonyl (C=O) groups is 2. The molecule has 0 bridgehead atoms. The van der Waals surface area contributed by atoms with Gasteiger partial charge in [0.2, 0.25) is 11.8 Å². The molecule has 126 valence electrons. The van der Waals surface area contributed by atoms with Crippen molar-refractivity contribution in [1.82, 2.24) is 4.90 Å². The van der Waals surface area contributed by atoms with Gasteiger partial charge in [-0.15, -0.1) is 0 Å². The fourth-order valence-electron chi connectivity index (χ4n) is 2.83. The lowest BCUT2D eigenvalue weighted by Gasteiger charge is -2.36. The van der Waals surface area contributed by atoms with Gasteiger partial charge < -0.3 is 20.3 Å². The Morgan fingerprint density at radius 3 is 2.43 bits per heavy atom. The number of carbonyl (C=O) groups excluding carboxylic acids is 2. The summed E-state index contributed by atoms with van der Waals surface area (Å²) >= 11 is 0. The van der Waals surface area contributed by atoms with Crippen molar-refractivity contribution in [2.24, 2.45) is 0 Å². The van der Waals surface area contributed by atoms with Crippen LogP contribution in [-0.4, -0.2) is 48.1 Å². The van der Waals surface area contributed by atoms with Crippen LogP contribution in [0.5, 0.6) is 0 Å². The Balaban J connectivity index is 1.99. The van der Waals surface area contributed by atoms with Crippen molar-refractivity contribution in [3.05, 3.63) is 24.3 Å². The van der Waals surface area contributed by atoms with Crippen LogP contribution in [0.2, 0.25) is 0 Å². The molecular weight excluding hydrogens is 294 g/mol. The highest BCUT2D eigenvalue weighted by atomic mass is 16.5. The second-order valence-electron chi connectivity index (χ2n) is 6.13. The molecule has 0 radical (unpaired) electrons. The molecule has 1 fully saturated rings. The molecule has 2 rings (SSSR count). The number of rotatable bonds is 4. The van der Waals surface area contributed by atoms with Gasteiger partial charge in [0.15, 0.2) is 0 Å². The molecule has 0 spiro atoms. The summed E-state index contributed by atoms with van der Waals surface area (Å²) in [4.78, 5) is 25.6. The highest BCUT2D eigenvalue weighted by Crippen LogP contribution is 2.17. The molecule has 6 nitrogen and oxygen atoms in total. The summed E-state index contributed by atoms with van der Waals surface area (Å²) < 4.78 is 5.66. The van der Waals surface area contributed by atoms with Gasteiger partial charge in [-0.3, -0.25) is 9.59 Å². The van der Waals surface area contributed by atoms with E-state index in [0.29, 0.717) is 18.8 Å². The zero-order valence-electron chi connectivity index (χ0n) is 14.1. The SMILES string of the molecule is CC(=O)Nc1cccc(NC(C)C(=O)N2CC(C)OC(C)C2)c1. The minimum absolute atomic E-state index is 0.0527. The molecule has 23 heavy (non-hydrogen) atoms. The number of benzene rings is 1. The molecule has 2 N–H and O–H groups in total. The highest BCUT2D eigenvalue weighted by molar-refractivity contribution is 5.89. The molecule has 3 unspecified atom stereocenters. The summed E-state index contributed by atoms with van der Waals surface area (Å²) in [6.45, 7) is 8.49.